The number of H-pyrrole nitrogens is 1. The third-order valence-corrected chi connectivity index (χ3v) is 3.71. The van der Waals surface area contributed by atoms with Gasteiger partial charge in [0.05, 0.1) is 0 Å². The molecule has 2 heterocycles. The number of rotatable bonds is 0. The molecule has 4 rings (SSSR count). The topological polar surface area (TPSA) is 28.9 Å². The normalized spacial score (nSPS) is 13.0. The number of aromatic amines is 1. The molecule has 0 aliphatic heterocycles. The second-order valence-corrected chi connectivity index (χ2v) is 4.77. The fourth-order valence-electron chi connectivity index (χ4n) is 2.90. The van der Waals surface area contributed by atoms with E-state index in [4.69, 9.17) is 4.42 Å². The first-order valence-electron chi connectivity index (χ1n) is 6.37. The number of benzene rings is 2. The number of furan rings is 1. The molecular formula is C17H13NO. The number of aromatic nitrogens is 1. The minimum Gasteiger partial charge on any atom is -0.456 e. The van der Waals surface area contributed by atoms with Crippen molar-refractivity contribution in [3.63, 3.8) is 0 Å². The summed E-state index contributed by atoms with van der Waals surface area (Å²) in [7, 11) is 0. The Kier molecular flexibility index (Phi) is 1.93. The summed E-state index contributed by atoms with van der Waals surface area (Å²) in [6.07, 6.45) is 2.10. The molecule has 0 spiro atoms. The van der Waals surface area contributed by atoms with E-state index in [1.54, 1.807) is 0 Å². The lowest BCUT2D eigenvalue weighted by Gasteiger charge is -1.93. The van der Waals surface area contributed by atoms with Crippen LogP contribution in [0.1, 0.15) is 6.92 Å². The van der Waals surface area contributed by atoms with Crippen molar-refractivity contribution in [2.75, 3.05) is 0 Å². The molecule has 92 valence electrons. The molecule has 19 heavy (non-hydrogen) atoms. The molecule has 0 saturated heterocycles. The Morgan fingerprint density at radius 3 is 2.74 bits per heavy atom. The van der Waals surface area contributed by atoms with Crippen LogP contribution in [0.3, 0.4) is 0 Å². The quantitative estimate of drug-likeness (QED) is 0.507. The fraction of sp³-hybridized carbons (Fsp3) is 0.0588. The van der Waals surface area contributed by atoms with Gasteiger partial charge in [0.15, 0.2) is 0 Å². The Balaban J connectivity index is 2.46. The van der Waals surface area contributed by atoms with E-state index < -0.39 is 0 Å². The minimum atomic E-state index is 0.927. The van der Waals surface area contributed by atoms with Crippen LogP contribution in [-0.2, 0) is 0 Å². The smallest absolute Gasteiger partial charge is 0.136 e. The number of nitrogens with one attached hydrogen (secondary N) is 1. The van der Waals surface area contributed by atoms with E-state index in [9.17, 15) is 0 Å². The fourth-order valence-corrected chi connectivity index (χ4v) is 2.90. The molecule has 0 unspecified atom stereocenters. The van der Waals surface area contributed by atoms with Crippen molar-refractivity contribution in [3.8, 4) is 0 Å². The maximum atomic E-state index is 5.92. The molecule has 0 amide bonds. The number of para-hydroxylation sites is 1. The molecule has 1 N–H and O–H groups in total. The van der Waals surface area contributed by atoms with Crippen LogP contribution < -0.4 is 10.6 Å². The van der Waals surface area contributed by atoms with E-state index in [1.807, 2.05) is 31.2 Å². The molecule has 0 fully saturated rings. The van der Waals surface area contributed by atoms with Gasteiger partial charge in [-0.15, -0.1) is 0 Å². The van der Waals surface area contributed by atoms with Crippen molar-refractivity contribution in [2.45, 2.75) is 6.92 Å². The van der Waals surface area contributed by atoms with Gasteiger partial charge in [0.2, 0.25) is 0 Å². The van der Waals surface area contributed by atoms with Crippen molar-refractivity contribution < 1.29 is 4.42 Å². The van der Waals surface area contributed by atoms with Crippen LogP contribution in [-0.4, -0.2) is 4.98 Å². The summed E-state index contributed by atoms with van der Waals surface area (Å²) in [5.41, 5.74) is 2.96. The second-order valence-electron chi connectivity index (χ2n) is 4.77. The molecule has 0 saturated carbocycles. The van der Waals surface area contributed by atoms with Gasteiger partial charge >= 0.3 is 0 Å². The molecule has 0 aliphatic carbocycles. The largest absolute Gasteiger partial charge is 0.456 e. The van der Waals surface area contributed by atoms with Gasteiger partial charge < -0.3 is 9.40 Å². The first-order valence-corrected chi connectivity index (χ1v) is 6.37. The molecule has 0 radical (unpaired) electrons. The summed E-state index contributed by atoms with van der Waals surface area (Å²) < 4.78 is 5.92. The van der Waals surface area contributed by atoms with Gasteiger partial charge in [-0.3, -0.25) is 0 Å². The molecule has 2 aromatic carbocycles. The van der Waals surface area contributed by atoms with Crippen molar-refractivity contribution >= 4 is 45.5 Å². The molecule has 2 aromatic heterocycles. The Labute approximate surface area is 109 Å². The summed E-state index contributed by atoms with van der Waals surface area (Å²) in [4.78, 5) is 3.34. The Morgan fingerprint density at radius 2 is 1.89 bits per heavy atom. The molecule has 4 aromatic rings. The van der Waals surface area contributed by atoms with Crippen LogP contribution in [0.2, 0.25) is 0 Å². The SMILES string of the molecule is C=c1[nH]c2ccc3oc4ccccc4c3c2/c1=C/C. The lowest BCUT2D eigenvalue weighted by Crippen LogP contribution is -2.19. The maximum Gasteiger partial charge on any atom is 0.136 e. The summed E-state index contributed by atoms with van der Waals surface area (Å²) in [6.45, 7) is 6.12. The Morgan fingerprint density at radius 1 is 1.05 bits per heavy atom. The third-order valence-electron chi connectivity index (χ3n) is 3.71. The first kappa shape index (κ1) is 10.4. The highest BCUT2D eigenvalue weighted by Gasteiger charge is 2.11. The average molecular weight is 247 g/mol. The molecular weight excluding hydrogens is 234 g/mol. The highest BCUT2D eigenvalue weighted by molar-refractivity contribution is 6.18. The number of hydrogen-bond donors (Lipinski definition) is 1. The molecule has 2 heteroatoms. The zero-order chi connectivity index (χ0) is 13.0. The minimum absolute atomic E-state index is 0.927. The van der Waals surface area contributed by atoms with Gasteiger partial charge in [-0.1, -0.05) is 30.9 Å². The summed E-state index contributed by atoms with van der Waals surface area (Å²) in [5.74, 6) is 0. The zero-order valence-electron chi connectivity index (χ0n) is 10.7. The van der Waals surface area contributed by atoms with E-state index in [0.29, 0.717) is 0 Å². The van der Waals surface area contributed by atoms with Crippen LogP contribution >= 0.6 is 0 Å². The highest BCUT2D eigenvalue weighted by atomic mass is 16.3. The van der Waals surface area contributed by atoms with Crippen molar-refractivity contribution in [3.05, 3.63) is 47.0 Å². The van der Waals surface area contributed by atoms with Crippen LogP contribution in [0, 0.1) is 0 Å². The summed E-state index contributed by atoms with van der Waals surface area (Å²) >= 11 is 0. The standard InChI is InChI=1S/C17H13NO/c1-3-11-10(2)18-13-8-9-15-17(16(11)13)12-6-4-5-7-14(12)19-15/h3-9,18H,2H2,1H3/b11-3+. The average Bonchev–Trinajstić information content (AvgIpc) is 2.94. The maximum absolute atomic E-state index is 5.92. The molecule has 0 atom stereocenters. The predicted octanol–water partition coefficient (Wildman–Crippen LogP) is 3.28. The van der Waals surface area contributed by atoms with Gasteiger partial charge in [0.25, 0.3) is 0 Å². The molecule has 2 nitrogen and oxygen atoms in total. The number of hydrogen-bond acceptors (Lipinski definition) is 1. The highest BCUT2D eigenvalue weighted by Crippen LogP contribution is 2.32. The van der Waals surface area contributed by atoms with E-state index in [1.165, 1.54) is 10.8 Å². The lowest BCUT2D eigenvalue weighted by molar-refractivity contribution is 0.669. The van der Waals surface area contributed by atoms with Crippen molar-refractivity contribution in [1.29, 1.82) is 0 Å². The summed E-state index contributed by atoms with van der Waals surface area (Å²) in [6, 6.07) is 12.2. The van der Waals surface area contributed by atoms with E-state index in [-0.39, 0.29) is 0 Å². The van der Waals surface area contributed by atoms with Crippen LogP contribution in [0.4, 0.5) is 0 Å². The Bertz CT molecular complexity index is 1030. The van der Waals surface area contributed by atoms with Crippen molar-refractivity contribution in [2.24, 2.45) is 0 Å². The van der Waals surface area contributed by atoms with Crippen LogP contribution in [0.25, 0.3) is 45.5 Å². The van der Waals surface area contributed by atoms with Gasteiger partial charge in [-0.2, -0.15) is 0 Å². The van der Waals surface area contributed by atoms with Gasteiger partial charge in [0, 0.05) is 32.2 Å². The van der Waals surface area contributed by atoms with Crippen LogP contribution in [0.5, 0.6) is 0 Å². The zero-order valence-corrected chi connectivity index (χ0v) is 10.7. The van der Waals surface area contributed by atoms with E-state index in [2.05, 4.69) is 29.8 Å². The van der Waals surface area contributed by atoms with Gasteiger partial charge in [-0.25, -0.2) is 0 Å². The molecule has 0 aliphatic rings. The van der Waals surface area contributed by atoms with Gasteiger partial charge in [0.1, 0.15) is 11.2 Å². The first-order chi connectivity index (χ1) is 9.29. The summed E-state index contributed by atoms with van der Waals surface area (Å²) in [5, 5.41) is 5.65. The Hall–Kier alpha value is -2.48. The van der Waals surface area contributed by atoms with Gasteiger partial charge in [-0.05, 0) is 25.1 Å². The van der Waals surface area contributed by atoms with Crippen molar-refractivity contribution in [1.82, 2.24) is 4.98 Å². The van der Waals surface area contributed by atoms with E-state index >= 15 is 0 Å². The van der Waals surface area contributed by atoms with E-state index in [0.717, 1.165) is 32.6 Å². The predicted molar refractivity (Wildman–Crippen MR) is 80.5 cm³/mol. The lowest BCUT2D eigenvalue weighted by atomic mass is 10.1. The third kappa shape index (κ3) is 1.26. The second kappa shape index (κ2) is 3.51. The number of fused-ring (bicyclic) bond motifs is 5. The van der Waals surface area contributed by atoms with Crippen LogP contribution in [0.15, 0.2) is 40.8 Å². The monoisotopic (exact) mass is 247 g/mol. The molecule has 0 bridgehead atoms.